The van der Waals surface area contributed by atoms with E-state index in [1.807, 2.05) is 170 Å². The largest absolute Gasteiger partial charge is 0.491 e. The standard InChI is InChI=1S/C22H30O4.C17H24O3.2C17H22O3.C6H12O2/c23-20(19-26-21-16-12-10-13-17-21)15-11-8-6-4-2-1-3-5-7-9-14-18-22(24)25;3*18-14-10-5-3-1-2-4-7-11-16(19)15-20-17-12-8-6-9-13-17;1-2-3-4-5-6(7)8/h5-8,10-13,15-17,20,23H,1-4,9,14,18-19H2,(H,24,25);2,4,6-9,11-13,16,18-19H,1,3,5,10,14-15H2;2,4,6,8-9,12-13,16,18-19H,1,3,5,10,14-15H2;2,4,6-9,11-14,16,19H,1,3,5,10,15H2;2-5H2,1H3,(H,7,8)/b7-5-,8-6-,15-11+;4-2-,11-7+;4-2-;4-2-,11-7+;. The number of carbonyl (C=O) groups is 3. The number of unbranched alkanes of at least 4 members (excludes halogenated alkanes) is 15. The van der Waals surface area contributed by atoms with Crippen molar-refractivity contribution in [3.8, 4) is 34.8 Å². The molecular weight excluding hydrogens is 1190 g/mol. The maximum Gasteiger partial charge on any atom is 0.303 e. The summed E-state index contributed by atoms with van der Waals surface area (Å²) in [4.78, 5) is 30.3. The average Bonchev–Trinajstić information content (AvgIpc) is 3.43. The van der Waals surface area contributed by atoms with Gasteiger partial charge in [0, 0.05) is 32.5 Å². The summed E-state index contributed by atoms with van der Waals surface area (Å²) < 4.78 is 21.7. The maximum atomic E-state index is 10.4. The fourth-order valence-corrected chi connectivity index (χ4v) is 7.63. The molecule has 0 spiro atoms. The summed E-state index contributed by atoms with van der Waals surface area (Å²) in [5.41, 5.74) is 0. The van der Waals surface area contributed by atoms with Gasteiger partial charge < -0.3 is 64.6 Å². The summed E-state index contributed by atoms with van der Waals surface area (Å²) >= 11 is 0. The first kappa shape index (κ1) is 85.9. The predicted octanol–water partition coefficient (Wildman–Crippen LogP) is 15.5. The Morgan fingerprint density at radius 2 is 0.723 bits per heavy atom. The fourth-order valence-electron chi connectivity index (χ4n) is 7.63. The highest BCUT2D eigenvalue weighted by Crippen LogP contribution is 2.13. The van der Waals surface area contributed by atoms with Gasteiger partial charge in [0.2, 0.25) is 0 Å². The van der Waals surface area contributed by atoms with E-state index >= 15 is 0 Å². The number of hydrogen-bond acceptors (Lipinski definition) is 13. The molecule has 0 amide bonds. The molecule has 15 heteroatoms. The number of aliphatic hydroxyl groups excluding tert-OH is 6. The van der Waals surface area contributed by atoms with Crippen molar-refractivity contribution in [2.24, 2.45) is 0 Å². The van der Waals surface area contributed by atoms with Crippen molar-refractivity contribution in [1.29, 1.82) is 0 Å². The van der Waals surface area contributed by atoms with E-state index in [0.29, 0.717) is 19.3 Å². The lowest BCUT2D eigenvalue weighted by molar-refractivity contribution is -0.138. The first-order valence-corrected chi connectivity index (χ1v) is 33.3. The minimum Gasteiger partial charge on any atom is -0.491 e. The second-order valence-electron chi connectivity index (χ2n) is 21.3. The van der Waals surface area contributed by atoms with Gasteiger partial charge >= 0.3 is 11.9 Å². The van der Waals surface area contributed by atoms with Crippen LogP contribution in [-0.4, -0.2) is 123 Å². The Labute approximate surface area is 561 Å². The molecule has 0 saturated carbocycles. The second kappa shape index (κ2) is 67.8. The van der Waals surface area contributed by atoms with Gasteiger partial charge in [0.1, 0.15) is 80.1 Å². The van der Waals surface area contributed by atoms with E-state index in [0.717, 1.165) is 151 Å². The maximum absolute atomic E-state index is 10.4. The summed E-state index contributed by atoms with van der Waals surface area (Å²) in [6, 6.07) is 37.7. The van der Waals surface area contributed by atoms with Gasteiger partial charge in [0.15, 0.2) is 0 Å². The molecule has 4 aromatic rings. The van der Waals surface area contributed by atoms with Gasteiger partial charge in [-0.1, -0.05) is 208 Å². The highest BCUT2D eigenvalue weighted by molar-refractivity contribution is 5.66. The Kier molecular flexibility index (Phi) is 62.0. The predicted molar refractivity (Wildman–Crippen MR) is 380 cm³/mol. The van der Waals surface area contributed by atoms with E-state index in [2.05, 4.69) is 43.1 Å². The Morgan fingerprint density at radius 1 is 0.394 bits per heavy atom. The van der Waals surface area contributed by atoms with Crippen LogP contribution in [0.2, 0.25) is 0 Å². The lowest BCUT2D eigenvalue weighted by Gasteiger charge is -2.08. The molecule has 0 bridgehead atoms. The Bertz CT molecular complexity index is 2660. The van der Waals surface area contributed by atoms with Crippen LogP contribution in [0.1, 0.15) is 155 Å². The van der Waals surface area contributed by atoms with Crippen molar-refractivity contribution >= 4 is 18.2 Å². The number of carbonyl (C=O) groups excluding carboxylic acids is 1. The minimum atomic E-state index is -0.783. The molecule has 4 unspecified atom stereocenters. The zero-order valence-electron chi connectivity index (χ0n) is 55.6. The quantitative estimate of drug-likeness (QED) is 0.00674. The molecule has 4 rings (SSSR count). The SMILES string of the molecule is CCCCCC(=O)O.O=C(O)CCC/C=C\CCCC/C=C\C=C\C(O)COc1ccccc1.O=CCCCC/C=C\C=C\C(O)COc1ccccc1.OCCCCC/C=C\C#CC(O)COc1ccccc1.OCCCCC/C=C\C=C\C(O)COc1ccccc1. The number of ether oxygens (including phenoxy) is 4. The smallest absolute Gasteiger partial charge is 0.303 e. The summed E-state index contributed by atoms with van der Waals surface area (Å²) in [5.74, 6) is 7.11. The van der Waals surface area contributed by atoms with Crippen molar-refractivity contribution in [3.63, 3.8) is 0 Å². The average molecular weight is 1300 g/mol. The van der Waals surface area contributed by atoms with Crippen molar-refractivity contribution in [2.45, 2.75) is 179 Å². The van der Waals surface area contributed by atoms with Crippen molar-refractivity contribution in [1.82, 2.24) is 0 Å². The fraction of sp³-hybridized carbons (Fsp3) is 0.430. The Balaban J connectivity index is 0.00000119. The van der Waals surface area contributed by atoms with Crippen LogP contribution < -0.4 is 18.9 Å². The van der Waals surface area contributed by atoms with E-state index < -0.39 is 36.4 Å². The van der Waals surface area contributed by atoms with Crippen LogP contribution in [-0.2, 0) is 14.4 Å². The zero-order valence-corrected chi connectivity index (χ0v) is 55.6. The first-order valence-electron chi connectivity index (χ1n) is 33.3. The molecule has 0 heterocycles. The van der Waals surface area contributed by atoms with E-state index in [9.17, 15) is 34.8 Å². The molecule has 0 aliphatic carbocycles. The molecular formula is C79H110O15. The van der Waals surface area contributed by atoms with Gasteiger partial charge in [-0.3, -0.25) is 9.59 Å². The van der Waals surface area contributed by atoms with Crippen LogP contribution >= 0.6 is 0 Å². The summed E-state index contributed by atoms with van der Waals surface area (Å²) in [5, 5.41) is 72.8. The van der Waals surface area contributed by atoms with E-state index in [4.69, 9.17) is 39.4 Å². The molecule has 94 heavy (non-hydrogen) atoms. The number of para-hydroxylation sites is 4. The van der Waals surface area contributed by atoms with Crippen LogP contribution in [0.25, 0.3) is 0 Å². The normalized spacial score (nSPS) is 12.4. The third kappa shape index (κ3) is 64.1. The number of aldehydes is 1. The minimum absolute atomic E-state index is 0.168. The van der Waals surface area contributed by atoms with Crippen LogP contribution in [0.15, 0.2) is 219 Å². The number of rotatable bonds is 46. The van der Waals surface area contributed by atoms with Crippen LogP contribution in [0.4, 0.5) is 0 Å². The first-order chi connectivity index (χ1) is 45.9. The molecule has 0 aliphatic heterocycles. The van der Waals surface area contributed by atoms with Gasteiger partial charge in [0.05, 0.1) is 0 Å². The number of hydrogen-bond donors (Lipinski definition) is 8. The number of aliphatic hydroxyl groups is 6. The van der Waals surface area contributed by atoms with E-state index in [1.165, 1.54) is 0 Å². The molecule has 0 aliphatic rings. The summed E-state index contributed by atoms with van der Waals surface area (Å²) in [6.45, 7) is 3.50. The number of carboxylic acids is 2. The molecule has 0 radical (unpaired) electrons. The van der Waals surface area contributed by atoms with Crippen molar-refractivity contribution < 1.29 is 74.2 Å². The second-order valence-corrected chi connectivity index (χ2v) is 21.3. The molecule has 15 nitrogen and oxygen atoms in total. The lowest BCUT2D eigenvalue weighted by atomic mass is 10.1. The Hall–Kier alpha value is -8.07. The number of allylic oxidation sites excluding steroid dienone is 13. The van der Waals surface area contributed by atoms with Crippen LogP contribution in [0.5, 0.6) is 23.0 Å². The summed E-state index contributed by atoms with van der Waals surface area (Å²) in [7, 11) is 0. The van der Waals surface area contributed by atoms with Crippen molar-refractivity contribution in [2.75, 3.05) is 39.6 Å². The summed E-state index contributed by atoms with van der Waals surface area (Å²) in [6.07, 6.45) is 49.7. The number of benzene rings is 4. The van der Waals surface area contributed by atoms with Crippen LogP contribution in [0, 0.1) is 11.8 Å². The van der Waals surface area contributed by atoms with Gasteiger partial charge in [-0.2, -0.15) is 0 Å². The van der Waals surface area contributed by atoms with Crippen LogP contribution in [0.3, 0.4) is 0 Å². The van der Waals surface area contributed by atoms with E-state index in [1.54, 1.807) is 24.3 Å². The van der Waals surface area contributed by atoms with Gasteiger partial charge in [0.25, 0.3) is 0 Å². The highest BCUT2D eigenvalue weighted by atomic mass is 16.5. The van der Waals surface area contributed by atoms with Crippen molar-refractivity contribution in [3.05, 3.63) is 219 Å². The Morgan fingerprint density at radius 3 is 1.09 bits per heavy atom. The third-order valence-electron chi connectivity index (χ3n) is 12.7. The molecule has 4 atom stereocenters. The highest BCUT2D eigenvalue weighted by Gasteiger charge is 2.03. The molecule has 4 aromatic carbocycles. The zero-order chi connectivity index (χ0) is 68.7. The monoisotopic (exact) mass is 1300 g/mol. The molecule has 0 saturated heterocycles. The third-order valence-corrected chi connectivity index (χ3v) is 12.7. The molecule has 0 aromatic heterocycles. The van der Waals surface area contributed by atoms with Gasteiger partial charge in [-0.15, -0.1) is 0 Å². The lowest BCUT2D eigenvalue weighted by Crippen LogP contribution is -2.14. The topological polar surface area (TPSA) is 250 Å². The van der Waals surface area contributed by atoms with E-state index in [-0.39, 0.29) is 46.1 Å². The molecule has 0 fully saturated rings. The number of aliphatic carboxylic acids is 2. The molecule has 516 valence electrons. The van der Waals surface area contributed by atoms with Gasteiger partial charge in [-0.25, -0.2) is 0 Å². The van der Waals surface area contributed by atoms with Gasteiger partial charge in [-0.05, 0) is 157 Å². The number of carboxylic acid groups (broad SMARTS) is 2. The molecule has 8 N–H and O–H groups in total.